The summed E-state index contributed by atoms with van der Waals surface area (Å²) in [4.78, 5) is 0. The average molecular weight is 504 g/mol. The number of aromatic nitrogens is 4. The van der Waals surface area contributed by atoms with E-state index in [9.17, 15) is 5.11 Å². The lowest BCUT2D eigenvalue weighted by molar-refractivity contribution is -0.255. The molecule has 1 aliphatic rings. The van der Waals surface area contributed by atoms with Crippen molar-refractivity contribution < 1.29 is 14.6 Å². The fourth-order valence-electron chi connectivity index (χ4n) is 4.46. The van der Waals surface area contributed by atoms with Gasteiger partial charge >= 0.3 is 0 Å². The molecule has 5 rings (SSSR count). The van der Waals surface area contributed by atoms with E-state index in [1.54, 1.807) is 16.4 Å². The molecule has 1 saturated heterocycles. The Morgan fingerprint density at radius 1 is 0.889 bits per heavy atom. The molecule has 0 saturated carbocycles. The molecule has 4 unspecified atom stereocenters. The summed E-state index contributed by atoms with van der Waals surface area (Å²) in [6.07, 6.45) is -1.01. The Balaban J connectivity index is 1.53. The second-order valence-corrected chi connectivity index (χ2v) is 9.73. The van der Waals surface area contributed by atoms with Crippen molar-refractivity contribution in [3.63, 3.8) is 0 Å². The minimum atomic E-state index is -0.553. The van der Waals surface area contributed by atoms with Crippen molar-refractivity contribution in [3.8, 4) is 0 Å². The van der Waals surface area contributed by atoms with E-state index in [-0.39, 0.29) is 24.7 Å². The van der Waals surface area contributed by atoms with Crippen LogP contribution in [0, 0.1) is 0 Å². The molecular formula is C27H29N5O3S. The van der Waals surface area contributed by atoms with Crippen LogP contribution in [0.15, 0.2) is 84.0 Å². The van der Waals surface area contributed by atoms with E-state index in [4.69, 9.17) is 15.2 Å². The predicted molar refractivity (Wildman–Crippen MR) is 137 cm³/mol. The van der Waals surface area contributed by atoms with Crippen molar-refractivity contribution in [2.45, 2.75) is 42.7 Å². The number of aryl methyl sites for hydroxylation is 1. The van der Waals surface area contributed by atoms with Crippen molar-refractivity contribution in [1.82, 2.24) is 20.2 Å². The van der Waals surface area contributed by atoms with Gasteiger partial charge in [-0.15, -0.1) is 5.10 Å². The summed E-state index contributed by atoms with van der Waals surface area (Å²) in [6, 6.07) is 26.3. The highest BCUT2D eigenvalue weighted by molar-refractivity contribution is 7.99. The molecular weight excluding hydrogens is 474 g/mol. The molecule has 0 radical (unpaired) electrons. The number of tetrazole rings is 1. The van der Waals surface area contributed by atoms with E-state index in [0.717, 1.165) is 33.0 Å². The standard InChI is InChI=1S/C27H29N5O3S/c1-32-27(29-30-31-32)36-17-23-24(20-5-3-2-4-6-20)25(21-11-9-19(16-33)10-12-21)35-26(34-23)22-13-7-18(15-28)8-14-22/h2-14,23-26,33H,15-17,28H2,1H3. The number of rotatable bonds is 8. The Morgan fingerprint density at radius 2 is 1.58 bits per heavy atom. The topological polar surface area (TPSA) is 108 Å². The maximum atomic E-state index is 9.55. The molecule has 9 heteroatoms. The van der Waals surface area contributed by atoms with E-state index >= 15 is 0 Å². The number of ether oxygens (including phenoxy) is 2. The van der Waals surface area contributed by atoms with E-state index in [2.05, 4.69) is 27.7 Å². The highest BCUT2D eigenvalue weighted by Gasteiger charge is 2.42. The summed E-state index contributed by atoms with van der Waals surface area (Å²) >= 11 is 1.56. The van der Waals surface area contributed by atoms with Gasteiger partial charge in [-0.05, 0) is 32.7 Å². The van der Waals surface area contributed by atoms with Gasteiger partial charge in [-0.1, -0.05) is 90.6 Å². The van der Waals surface area contributed by atoms with E-state index in [0.29, 0.717) is 12.3 Å². The molecule has 4 aromatic rings. The van der Waals surface area contributed by atoms with Gasteiger partial charge in [0.05, 0.1) is 18.8 Å². The molecule has 186 valence electrons. The third kappa shape index (κ3) is 5.35. The normalized spacial score (nSPS) is 22.0. The van der Waals surface area contributed by atoms with E-state index in [1.165, 1.54) is 0 Å². The molecule has 0 spiro atoms. The number of aliphatic hydroxyl groups excluding tert-OH is 1. The molecule has 1 aromatic heterocycles. The minimum Gasteiger partial charge on any atom is -0.392 e. The summed E-state index contributed by atoms with van der Waals surface area (Å²) in [5.41, 5.74) is 10.8. The Kier molecular flexibility index (Phi) is 7.74. The second kappa shape index (κ2) is 11.3. The summed E-state index contributed by atoms with van der Waals surface area (Å²) in [5.74, 6) is 0.569. The molecule has 1 aliphatic heterocycles. The Bertz CT molecular complexity index is 1250. The van der Waals surface area contributed by atoms with Gasteiger partial charge in [-0.25, -0.2) is 4.68 Å². The van der Waals surface area contributed by atoms with Crippen LogP contribution >= 0.6 is 11.8 Å². The van der Waals surface area contributed by atoms with Crippen LogP contribution in [0.25, 0.3) is 0 Å². The Morgan fingerprint density at radius 3 is 2.22 bits per heavy atom. The third-order valence-electron chi connectivity index (χ3n) is 6.42. The monoisotopic (exact) mass is 503 g/mol. The first-order chi connectivity index (χ1) is 17.7. The van der Waals surface area contributed by atoms with Crippen LogP contribution in [0.2, 0.25) is 0 Å². The van der Waals surface area contributed by atoms with Crippen molar-refractivity contribution in [2.24, 2.45) is 12.8 Å². The first kappa shape index (κ1) is 24.6. The molecule has 0 amide bonds. The molecule has 8 nitrogen and oxygen atoms in total. The molecule has 1 fully saturated rings. The highest BCUT2D eigenvalue weighted by Crippen LogP contribution is 2.47. The van der Waals surface area contributed by atoms with Gasteiger partial charge in [-0.3, -0.25) is 0 Å². The first-order valence-corrected chi connectivity index (χ1v) is 12.8. The fraction of sp³-hybridized carbons (Fsp3) is 0.296. The molecule has 36 heavy (non-hydrogen) atoms. The summed E-state index contributed by atoms with van der Waals surface area (Å²) in [5, 5.41) is 22.1. The highest BCUT2D eigenvalue weighted by atomic mass is 32.2. The quantitative estimate of drug-likeness (QED) is 0.349. The number of aliphatic hydroxyl groups is 1. The van der Waals surface area contributed by atoms with Crippen LogP contribution in [-0.2, 0) is 29.7 Å². The fourth-order valence-corrected chi connectivity index (χ4v) is 5.38. The smallest absolute Gasteiger partial charge is 0.209 e. The SMILES string of the molecule is Cn1nnnc1SCC1OC(c2ccc(CN)cc2)OC(c2ccc(CO)cc2)C1c1ccccc1. The first-order valence-electron chi connectivity index (χ1n) is 11.9. The molecule has 0 aliphatic carbocycles. The van der Waals surface area contributed by atoms with Crippen LogP contribution in [0.5, 0.6) is 0 Å². The van der Waals surface area contributed by atoms with E-state index in [1.807, 2.05) is 73.8 Å². The second-order valence-electron chi connectivity index (χ2n) is 8.74. The van der Waals surface area contributed by atoms with Crippen molar-refractivity contribution in [2.75, 3.05) is 5.75 Å². The largest absolute Gasteiger partial charge is 0.392 e. The Labute approximate surface area is 214 Å². The number of nitrogens with zero attached hydrogens (tertiary/aromatic N) is 4. The lowest BCUT2D eigenvalue weighted by Gasteiger charge is -2.43. The molecule has 4 atom stereocenters. The van der Waals surface area contributed by atoms with Crippen molar-refractivity contribution >= 4 is 11.8 Å². The van der Waals surface area contributed by atoms with Crippen LogP contribution in [0.4, 0.5) is 0 Å². The summed E-state index contributed by atoms with van der Waals surface area (Å²) in [6.45, 7) is 0.478. The van der Waals surface area contributed by atoms with Crippen molar-refractivity contribution in [1.29, 1.82) is 0 Å². The maximum absolute atomic E-state index is 9.55. The predicted octanol–water partition coefficient (Wildman–Crippen LogP) is 3.89. The summed E-state index contributed by atoms with van der Waals surface area (Å²) in [7, 11) is 1.83. The lowest BCUT2D eigenvalue weighted by Crippen LogP contribution is -2.38. The van der Waals surface area contributed by atoms with Gasteiger partial charge in [-0.2, -0.15) is 0 Å². The zero-order valence-electron chi connectivity index (χ0n) is 20.0. The Hall–Kier alpha value is -3.08. The van der Waals surface area contributed by atoms with Gasteiger partial charge in [0.2, 0.25) is 5.16 Å². The van der Waals surface area contributed by atoms with Gasteiger partial charge in [0.25, 0.3) is 0 Å². The summed E-state index contributed by atoms with van der Waals surface area (Å²) < 4.78 is 15.0. The average Bonchev–Trinajstić information content (AvgIpc) is 3.36. The molecule has 0 bridgehead atoms. The van der Waals surface area contributed by atoms with Crippen LogP contribution in [0.1, 0.15) is 46.1 Å². The van der Waals surface area contributed by atoms with Crippen LogP contribution in [-0.4, -0.2) is 37.2 Å². The van der Waals surface area contributed by atoms with E-state index < -0.39 is 6.29 Å². The van der Waals surface area contributed by atoms with Gasteiger partial charge < -0.3 is 20.3 Å². The zero-order chi connectivity index (χ0) is 24.9. The lowest BCUT2D eigenvalue weighted by atomic mass is 9.84. The van der Waals surface area contributed by atoms with Gasteiger partial charge in [0, 0.05) is 30.8 Å². The van der Waals surface area contributed by atoms with Crippen LogP contribution < -0.4 is 5.73 Å². The number of nitrogens with two attached hydrogens (primary N) is 1. The number of hydrogen-bond donors (Lipinski definition) is 2. The van der Waals surface area contributed by atoms with Crippen molar-refractivity contribution in [3.05, 3.63) is 107 Å². The number of thioether (sulfide) groups is 1. The number of hydrogen-bond acceptors (Lipinski definition) is 8. The number of benzene rings is 3. The van der Waals surface area contributed by atoms with Crippen LogP contribution in [0.3, 0.4) is 0 Å². The minimum absolute atomic E-state index is 0.00184. The molecule has 3 aromatic carbocycles. The third-order valence-corrected chi connectivity index (χ3v) is 7.52. The molecule has 2 heterocycles. The van der Waals surface area contributed by atoms with Gasteiger partial charge in [0.15, 0.2) is 6.29 Å². The molecule has 3 N–H and O–H groups in total. The zero-order valence-corrected chi connectivity index (χ0v) is 20.8. The maximum Gasteiger partial charge on any atom is 0.209 e. The van der Waals surface area contributed by atoms with Gasteiger partial charge in [0.1, 0.15) is 0 Å².